The second-order valence-corrected chi connectivity index (χ2v) is 7.12. The van der Waals surface area contributed by atoms with Crippen LogP contribution in [0.25, 0.3) is 5.69 Å². The normalized spacial score (nSPS) is 10.5. The molecule has 0 aliphatic rings. The van der Waals surface area contributed by atoms with E-state index in [0.717, 1.165) is 0 Å². The summed E-state index contributed by atoms with van der Waals surface area (Å²) in [6, 6.07) is 21.1. The van der Waals surface area contributed by atoms with E-state index < -0.39 is 11.8 Å². The third-order valence-corrected chi connectivity index (χ3v) is 4.82. The summed E-state index contributed by atoms with van der Waals surface area (Å²) in [5, 5.41) is 10.5. The van der Waals surface area contributed by atoms with Gasteiger partial charge in [-0.1, -0.05) is 35.9 Å². The molecule has 4 rings (SSSR count). The highest BCUT2D eigenvalue weighted by Crippen LogP contribution is 2.22. The van der Waals surface area contributed by atoms with Gasteiger partial charge in [-0.15, -0.1) is 0 Å². The quantitative estimate of drug-likeness (QED) is 0.478. The first-order valence-electron chi connectivity index (χ1n) is 9.47. The van der Waals surface area contributed by atoms with E-state index in [1.165, 1.54) is 0 Å². The lowest BCUT2D eigenvalue weighted by atomic mass is 10.1. The lowest BCUT2D eigenvalue weighted by Gasteiger charge is -2.07. The van der Waals surface area contributed by atoms with Gasteiger partial charge in [0.05, 0.1) is 16.9 Å². The first-order valence-corrected chi connectivity index (χ1v) is 9.85. The smallest absolute Gasteiger partial charge is 0.277 e. The molecule has 7 nitrogen and oxygen atoms in total. The number of carbonyl (C=O) groups is 2. The minimum atomic E-state index is -0.492. The Kier molecular flexibility index (Phi) is 5.77. The number of anilines is 2. The van der Waals surface area contributed by atoms with Crippen molar-refractivity contribution in [1.82, 2.24) is 14.8 Å². The second kappa shape index (κ2) is 8.81. The van der Waals surface area contributed by atoms with Gasteiger partial charge in [0.2, 0.25) is 0 Å². The Hall–Kier alpha value is -3.97. The summed E-state index contributed by atoms with van der Waals surface area (Å²) in [6.45, 7) is 1.73. The molecule has 154 valence electrons. The number of rotatable bonds is 5. The number of pyridine rings is 1. The number of hydrogen-bond acceptors (Lipinski definition) is 4. The zero-order valence-electron chi connectivity index (χ0n) is 16.5. The van der Waals surface area contributed by atoms with E-state index in [-0.39, 0.29) is 11.3 Å². The fourth-order valence-electron chi connectivity index (χ4n) is 3.09. The van der Waals surface area contributed by atoms with E-state index in [1.54, 1.807) is 72.4 Å². The van der Waals surface area contributed by atoms with E-state index in [0.29, 0.717) is 27.9 Å². The van der Waals surface area contributed by atoms with Gasteiger partial charge in [-0.3, -0.25) is 9.59 Å². The summed E-state index contributed by atoms with van der Waals surface area (Å²) in [6.07, 6.45) is 1.57. The maximum Gasteiger partial charge on any atom is 0.277 e. The Morgan fingerprint density at radius 2 is 1.58 bits per heavy atom. The van der Waals surface area contributed by atoms with Crippen molar-refractivity contribution in [1.29, 1.82) is 0 Å². The summed E-state index contributed by atoms with van der Waals surface area (Å²) in [5.74, 6) is -0.594. The summed E-state index contributed by atoms with van der Waals surface area (Å²) >= 11 is 5.99. The maximum absolute atomic E-state index is 13.1. The number of nitrogens with zero attached hydrogens (tertiary/aromatic N) is 3. The van der Waals surface area contributed by atoms with Crippen molar-refractivity contribution in [3.8, 4) is 5.69 Å². The summed E-state index contributed by atoms with van der Waals surface area (Å²) in [5.41, 5.74) is 1.95. The standard InChI is InChI=1S/C23H18ClN5O2/c1-15-20(22(30)27-19-9-5-6-14-25-19)21(23(31)26-17-7-3-2-4-8-17)28-29(15)18-12-10-16(24)11-13-18/h2-14H,1H3,(H,26,31)(H,25,27,30). The van der Waals surface area contributed by atoms with Crippen LogP contribution < -0.4 is 10.6 Å². The van der Waals surface area contributed by atoms with E-state index in [2.05, 4.69) is 20.7 Å². The topological polar surface area (TPSA) is 88.9 Å². The van der Waals surface area contributed by atoms with Crippen LogP contribution in [0.3, 0.4) is 0 Å². The van der Waals surface area contributed by atoms with Crippen molar-refractivity contribution in [2.24, 2.45) is 0 Å². The minimum Gasteiger partial charge on any atom is -0.321 e. The lowest BCUT2D eigenvalue weighted by molar-refractivity contribution is 0.0987. The first kappa shape index (κ1) is 20.3. The summed E-state index contributed by atoms with van der Waals surface area (Å²) in [7, 11) is 0. The molecule has 0 saturated heterocycles. The van der Waals surface area contributed by atoms with E-state index in [4.69, 9.17) is 11.6 Å². The monoisotopic (exact) mass is 431 g/mol. The first-order chi connectivity index (χ1) is 15.0. The van der Waals surface area contributed by atoms with Crippen molar-refractivity contribution >= 4 is 34.9 Å². The van der Waals surface area contributed by atoms with Gasteiger partial charge in [-0.2, -0.15) is 5.10 Å². The van der Waals surface area contributed by atoms with E-state index in [9.17, 15) is 9.59 Å². The van der Waals surface area contributed by atoms with Crippen LogP contribution in [0.1, 0.15) is 26.5 Å². The maximum atomic E-state index is 13.1. The van der Waals surface area contributed by atoms with Crippen LogP contribution in [0.5, 0.6) is 0 Å². The second-order valence-electron chi connectivity index (χ2n) is 6.69. The minimum absolute atomic E-state index is 0.00438. The number of amides is 2. The summed E-state index contributed by atoms with van der Waals surface area (Å²) in [4.78, 5) is 30.3. The van der Waals surface area contributed by atoms with Crippen molar-refractivity contribution < 1.29 is 9.59 Å². The van der Waals surface area contributed by atoms with Gasteiger partial charge in [0.25, 0.3) is 11.8 Å². The zero-order chi connectivity index (χ0) is 21.8. The Morgan fingerprint density at radius 1 is 0.871 bits per heavy atom. The van der Waals surface area contributed by atoms with Gasteiger partial charge in [0.15, 0.2) is 5.69 Å². The predicted octanol–water partition coefficient (Wildman–Crippen LogP) is 4.73. The molecule has 0 aliphatic heterocycles. The van der Waals surface area contributed by atoms with Crippen LogP contribution in [0.2, 0.25) is 5.02 Å². The molecule has 2 heterocycles. The molecule has 2 amide bonds. The lowest BCUT2D eigenvalue weighted by Crippen LogP contribution is -2.20. The van der Waals surface area contributed by atoms with Crippen LogP contribution in [0.15, 0.2) is 79.0 Å². The molecule has 0 spiro atoms. The van der Waals surface area contributed by atoms with Gasteiger partial charge >= 0.3 is 0 Å². The zero-order valence-corrected chi connectivity index (χ0v) is 17.3. The van der Waals surface area contributed by atoms with Gasteiger partial charge < -0.3 is 10.6 Å². The fraction of sp³-hybridized carbons (Fsp3) is 0.0435. The van der Waals surface area contributed by atoms with Crippen LogP contribution >= 0.6 is 11.6 Å². The number of benzene rings is 2. The van der Waals surface area contributed by atoms with E-state index >= 15 is 0 Å². The molecular formula is C23H18ClN5O2. The fourth-order valence-corrected chi connectivity index (χ4v) is 3.22. The number of carbonyl (C=O) groups excluding carboxylic acids is 2. The van der Waals surface area contributed by atoms with Crippen LogP contribution in [-0.2, 0) is 0 Å². The Balaban J connectivity index is 1.75. The molecule has 4 aromatic rings. The highest BCUT2D eigenvalue weighted by Gasteiger charge is 2.27. The highest BCUT2D eigenvalue weighted by atomic mass is 35.5. The molecule has 0 radical (unpaired) electrons. The van der Waals surface area contributed by atoms with Crippen LogP contribution in [0.4, 0.5) is 11.5 Å². The predicted molar refractivity (Wildman–Crippen MR) is 120 cm³/mol. The molecule has 0 bridgehead atoms. The molecule has 0 atom stereocenters. The molecule has 2 aromatic heterocycles. The Morgan fingerprint density at radius 3 is 2.26 bits per heavy atom. The van der Waals surface area contributed by atoms with Crippen molar-refractivity contribution in [2.45, 2.75) is 6.92 Å². The van der Waals surface area contributed by atoms with Gasteiger partial charge in [-0.25, -0.2) is 9.67 Å². The number of aromatic nitrogens is 3. The van der Waals surface area contributed by atoms with Gasteiger partial charge in [-0.05, 0) is 55.5 Å². The van der Waals surface area contributed by atoms with Crippen LogP contribution in [0, 0.1) is 6.92 Å². The third-order valence-electron chi connectivity index (χ3n) is 4.57. The van der Waals surface area contributed by atoms with E-state index in [1.807, 2.05) is 18.2 Å². The van der Waals surface area contributed by atoms with Crippen molar-refractivity contribution in [2.75, 3.05) is 10.6 Å². The average molecular weight is 432 g/mol. The van der Waals surface area contributed by atoms with Crippen LogP contribution in [-0.4, -0.2) is 26.6 Å². The molecule has 2 N–H and O–H groups in total. The van der Waals surface area contributed by atoms with Crippen molar-refractivity contribution in [3.63, 3.8) is 0 Å². The average Bonchev–Trinajstić information content (AvgIpc) is 3.13. The molecule has 0 fully saturated rings. The molecule has 8 heteroatoms. The number of para-hydroxylation sites is 1. The summed E-state index contributed by atoms with van der Waals surface area (Å²) < 4.78 is 1.55. The Bertz CT molecular complexity index is 1220. The SMILES string of the molecule is Cc1c(C(=O)Nc2ccccn2)c(C(=O)Nc2ccccc2)nn1-c1ccc(Cl)cc1. The van der Waals surface area contributed by atoms with Gasteiger partial charge in [0.1, 0.15) is 5.82 Å². The Labute approximate surface area is 183 Å². The number of hydrogen-bond donors (Lipinski definition) is 2. The molecule has 2 aromatic carbocycles. The molecule has 0 saturated carbocycles. The molecule has 0 unspecified atom stereocenters. The van der Waals surface area contributed by atoms with Gasteiger partial charge in [0, 0.05) is 16.9 Å². The third kappa shape index (κ3) is 4.46. The number of nitrogens with one attached hydrogen (secondary N) is 2. The largest absolute Gasteiger partial charge is 0.321 e. The molecule has 31 heavy (non-hydrogen) atoms. The highest BCUT2D eigenvalue weighted by molar-refractivity contribution is 6.30. The number of halogens is 1. The molecule has 0 aliphatic carbocycles. The van der Waals surface area contributed by atoms with Crippen molar-refractivity contribution in [3.05, 3.63) is 101 Å². The molecular weight excluding hydrogens is 414 g/mol.